The molecule has 5 N–H and O–H groups in total. The summed E-state index contributed by atoms with van der Waals surface area (Å²) in [5, 5.41) is 5.15. The van der Waals surface area contributed by atoms with Crippen LogP contribution in [0.5, 0.6) is 0 Å². The molecule has 1 rings (SSSR count). The van der Waals surface area contributed by atoms with E-state index >= 15 is 0 Å². The third-order valence-electron chi connectivity index (χ3n) is 2.67. The van der Waals surface area contributed by atoms with Gasteiger partial charge in [0.25, 0.3) is 5.91 Å². The Bertz CT molecular complexity index is 496. The molecule has 0 heterocycles. The van der Waals surface area contributed by atoms with Gasteiger partial charge in [0.05, 0.1) is 17.9 Å². The van der Waals surface area contributed by atoms with Crippen molar-refractivity contribution < 1.29 is 18.7 Å². The van der Waals surface area contributed by atoms with E-state index in [4.69, 9.17) is 10.6 Å². The van der Waals surface area contributed by atoms with E-state index in [0.29, 0.717) is 13.2 Å². The van der Waals surface area contributed by atoms with Gasteiger partial charge in [-0.3, -0.25) is 15.4 Å². The molecule has 21 heavy (non-hydrogen) atoms. The van der Waals surface area contributed by atoms with E-state index in [-0.39, 0.29) is 30.1 Å². The Morgan fingerprint density at radius 2 is 2.05 bits per heavy atom. The summed E-state index contributed by atoms with van der Waals surface area (Å²) in [5.74, 6) is 3.85. The molecule has 0 fully saturated rings. The van der Waals surface area contributed by atoms with Crippen LogP contribution in [0, 0.1) is 5.82 Å². The Labute approximate surface area is 122 Å². The number of nitrogens with two attached hydrogens (primary N) is 1. The molecule has 1 aromatic carbocycles. The molecule has 0 radical (unpaired) electrons. The molecule has 1 aromatic rings. The van der Waals surface area contributed by atoms with Crippen molar-refractivity contribution in [1.82, 2.24) is 10.6 Å². The van der Waals surface area contributed by atoms with Crippen molar-refractivity contribution in [2.45, 2.75) is 6.42 Å². The highest BCUT2D eigenvalue weighted by Crippen LogP contribution is 2.18. The quantitative estimate of drug-likeness (QED) is 0.307. The lowest BCUT2D eigenvalue weighted by molar-refractivity contribution is -0.121. The molecule has 0 saturated heterocycles. The van der Waals surface area contributed by atoms with Gasteiger partial charge in [0.1, 0.15) is 5.82 Å². The highest BCUT2D eigenvalue weighted by molar-refractivity contribution is 5.99. The van der Waals surface area contributed by atoms with Crippen molar-refractivity contribution in [1.29, 1.82) is 0 Å². The van der Waals surface area contributed by atoms with Crippen molar-refractivity contribution in [2.75, 3.05) is 32.2 Å². The third kappa shape index (κ3) is 5.36. The van der Waals surface area contributed by atoms with Crippen LogP contribution in [0.25, 0.3) is 0 Å². The fourth-order valence-electron chi connectivity index (χ4n) is 1.63. The van der Waals surface area contributed by atoms with Crippen LogP contribution in [0.3, 0.4) is 0 Å². The van der Waals surface area contributed by atoms with Gasteiger partial charge in [-0.05, 0) is 12.1 Å². The summed E-state index contributed by atoms with van der Waals surface area (Å²) in [4.78, 5) is 23.3. The van der Waals surface area contributed by atoms with Gasteiger partial charge >= 0.3 is 0 Å². The number of ether oxygens (including phenoxy) is 1. The number of hydrogen-bond donors (Lipinski definition) is 4. The number of para-hydroxylation sites is 1. The predicted octanol–water partition coefficient (Wildman–Crippen LogP) is -0.00620. The number of carbonyl (C=O) groups is 2. The maximum absolute atomic E-state index is 13.4. The van der Waals surface area contributed by atoms with Crippen molar-refractivity contribution in [3.63, 3.8) is 0 Å². The molecule has 0 saturated carbocycles. The minimum Gasteiger partial charge on any atom is -0.383 e. The number of halogens is 1. The zero-order valence-electron chi connectivity index (χ0n) is 11.7. The molecule has 0 atom stereocenters. The average Bonchev–Trinajstić information content (AvgIpc) is 2.47. The number of carbonyl (C=O) groups excluding carboxylic acids is 2. The lowest BCUT2D eigenvalue weighted by Crippen LogP contribution is -2.32. The van der Waals surface area contributed by atoms with Crippen LogP contribution in [0.1, 0.15) is 16.8 Å². The van der Waals surface area contributed by atoms with Gasteiger partial charge in [0, 0.05) is 26.6 Å². The van der Waals surface area contributed by atoms with Crippen LogP contribution in [0.15, 0.2) is 18.2 Å². The maximum Gasteiger partial charge on any atom is 0.253 e. The Kier molecular flexibility index (Phi) is 7.13. The number of nitrogens with one attached hydrogen (secondary N) is 3. The SMILES string of the molecule is COCCNC(=O)CCNC(=O)c1cccc(F)c1NN. The molecule has 0 bridgehead atoms. The zero-order valence-corrected chi connectivity index (χ0v) is 11.7. The summed E-state index contributed by atoms with van der Waals surface area (Å²) in [6.07, 6.45) is 0.121. The maximum atomic E-state index is 13.4. The molecular weight excluding hydrogens is 279 g/mol. The Hall–Kier alpha value is -2.19. The van der Waals surface area contributed by atoms with Gasteiger partial charge in [0.15, 0.2) is 0 Å². The first-order valence-electron chi connectivity index (χ1n) is 6.39. The normalized spacial score (nSPS) is 10.0. The zero-order chi connectivity index (χ0) is 15.7. The van der Waals surface area contributed by atoms with E-state index in [1.165, 1.54) is 25.3 Å². The smallest absolute Gasteiger partial charge is 0.253 e. The van der Waals surface area contributed by atoms with E-state index in [9.17, 15) is 14.0 Å². The Balaban J connectivity index is 2.44. The van der Waals surface area contributed by atoms with Crippen LogP contribution in [-0.2, 0) is 9.53 Å². The van der Waals surface area contributed by atoms with E-state index in [0.717, 1.165) is 0 Å². The average molecular weight is 298 g/mol. The molecule has 2 amide bonds. The second-order valence-electron chi connectivity index (χ2n) is 4.16. The largest absolute Gasteiger partial charge is 0.383 e. The third-order valence-corrected chi connectivity index (χ3v) is 2.67. The van der Waals surface area contributed by atoms with Gasteiger partial charge in [-0.25, -0.2) is 4.39 Å². The molecule has 0 aromatic heterocycles. The van der Waals surface area contributed by atoms with Crippen LogP contribution in [0.4, 0.5) is 10.1 Å². The second kappa shape index (κ2) is 8.88. The standard InChI is InChI=1S/C13H19FN4O3/c1-21-8-7-16-11(19)5-6-17-13(20)9-3-2-4-10(14)12(9)18-15/h2-4,18H,5-8,15H2,1H3,(H,16,19)(H,17,20). The first-order chi connectivity index (χ1) is 10.1. The topological polar surface area (TPSA) is 105 Å². The summed E-state index contributed by atoms with van der Waals surface area (Å²) >= 11 is 0. The van der Waals surface area contributed by atoms with E-state index in [1.54, 1.807) is 0 Å². The Morgan fingerprint density at radius 1 is 1.29 bits per heavy atom. The molecule has 0 aliphatic carbocycles. The van der Waals surface area contributed by atoms with E-state index in [2.05, 4.69) is 16.1 Å². The van der Waals surface area contributed by atoms with Gasteiger partial charge in [-0.15, -0.1) is 0 Å². The lowest BCUT2D eigenvalue weighted by atomic mass is 10.1. The highest BCUT2D eigenvalue weighted by Gasteiger charge is 2.14. The number of methoxy groups -OCH3 is 1. The Morgan fingerprint density at radius 3 is 2.71 bits per heavy atom. The number of nitrogen functional groups attached to an aromatic ring is 1. The summed E-state index contributed by atoms with van der Waals surface area (Å²) in [5.41, 5.74) is 2.15. The molecular formula is C13H19FN4O3. The molecule has 0 unspecified atom stereocenters. The number of amides is 2. The molecule has 7 nitrogen and oxygen atoms in total. The fourth-order valence-corrected chi connectivity index (χ4v) is 1.63. The highest BCUT2D eigenvalue weighted by atomic mass is 19.1. The second-order valence-corrected chi connectivity index (χ2v) is 4.16. The summed E-state index contributed by atoms with van der Waals surface area (Å²) in [6, 6.07) is 4.03. The summed E-state index contributed by atoms with van der Waals surface area (Å²) < 4.78 is 18.2. The number of benzene rings is 1. The molecule has 0 spiro atoms. The van der Waals surface area contributed by atoms with Crippen molar-refractivity contribution in [3.05, 3.63) is 29.6 Å². The number of hydrazine groups is 1. The van der Waals surface area contributed by atoms with Gasteiger partial charge in [-0.2, -0.15) is 0 Å². The number of rotatable bonds is 8. The van der Waals surface area contributed by atoms with Crippen molar-refractivity contribution in [3.8, 4) is 0 Å². The van der Waals surface area contributed by atoms with Gasteiger partial charge < -0.3 is 20.8 Å². The molecule has 0 aliphatic heterocycles. The van der Waals surface area contributed by atoms with Crippen LogP contribution in [-0.4, -0.2) is 38.6 Å². The van der Waals surface area contributed by atoms with Gasteiger partial charge in [-0.1, -0.05) is 6.07 Å². The fraction of sp³-hybridized carbons (Fsp3) is 0.385. The summed E-state index contributed by atoms with van der Waals surface area (Å²) in [6.45, 7) is 0.972. The summed E-state index contributed by atoms with van der Waals surface area (Å²) in [7, 11) is 1.54. The minimum absolute atomic E-state index is 0.0808. The molecule has 8 heteroatoms. The van der Waals surface area contributed by atoms with E-state index in [1.807, 2.05) is 0 Å². The molecule has 0 aliphatic rings. The monoisotopic (exact) mass is 298 g/mol. The number of anilines is 1. The predicted molar refractivity (Wildman–Crippen MR) is 76.0 cm³/mol. The van der Waals surface area contributed by atoms with Crippen LogP contribution >= 0.6 is 0 Å². The van der Waals surface area contributed by atoms with Crippen LogP contribution < -0.4 is 21.9 Å². The first kappa shape index (κ1) is 16.9. The van der Waals surface area contributed by atoms with Crippen molar-refractivity contribution >= 4 is 17.5 Å². The number of hydrogen-bond acceptors (Lipinski definition) is 5. The van der Waals surface area contributed by atoms with Crippen molar-refractivity contribution in [2.24, 2.45) is 5.84 Å². The first-order valence-corrected chi connectivity index (χ1v) is 6.39. The lowest BCUT2D eigenvalue weighted by Gasteiger charge is -2.10. The molecule has 116 valence electrons. The van der Waals surface area contributed by atoms with Crippen LogP contribution in [0.2, 0.25) is 0 Å². The van der Waals surface area contributed by atoms with Gasteiger partial charge in [0.2, 0.25) is 5.91 Å². The van der Waals surface area contributed by atoms with E-state index < -0.39 is 11.7 Å². The minimum atomic E-state index is -0.623.